The van der Waals surface area contributed by atoms with Gasteiger partial charge in [0.15, 0.2) is 11.0 Å². The van der Waals surface area contributed by atoms with Crippen molar-refractivity contribution in [2.24, 2.45) is 0 Å². The Bertz CT molecular complexity index is 621. The molecule has 4 N–H and O–H groups in total. The van der Waals surface area contributed by atoms with E-state index in [2.05, 4.69) is 25.8 Å². The van der Waals surface area contributed by atoms with Gasteiger partial charge in [0, 0.05) is 25.9 Å². The molecule has 0 atom stereocenters. The summed E-state index contributed by atoms with van der Waals surface area (Å²) in [5, 5.41) is 10.3. The van der Waals surface area contributed by atoms with Gasteiger partial charge in [0.05, 0.1) is 0 Å². The zero-order chi connectivity index (χ0) is 15.4. The number of aryl methyl sites for hydroxylation is 1. The Morgan fingerprint density at radius 1 is 1.43 bits per heavy atom. The van der Waals surface area contributed by atoms with Gasteiger partial charge in [-0.05, 0) is 13.8 Å². The van der Waals surface area contributed by atoms with Gasteiger partial charge in [-0.2, -0.15) is 4.98 Å². The van der Waals surface area contributed by atoms with Gasteiger partial charge in [0.1, 0.15) is 10.7 Å². The van der Waals surface area contributed by atoms with Crippen molar-refractivity contribution >= 4 is 28.2 Å². The van der Waals surface area contributed by atoms with E-state index in [1.165, 1.54) is 11.3 Å². The number of nitrogen functional groups attached to an aromatic ring is 1. The number of rotatable bonds is 6. The fourth-order valence-electron chi connectivity index (χ4n) is 1.61. The molecule has 0 aliphatic rings. The maximum absolute atomic E-state index is 12.0. The van der Waals surface area contributed by atoms with E-state index in [-0.39, 0.29) is 17.8 Å². The molecule has 21 heavy (non-hydrogen) atoms. The molecule has 0 aliphatic heterocycles. The number of nitrogens with one attached hydrogen (secondary N) is 2. The minimum Gasteiger partial charge on any atom is -0.382 e. The standard InChI is InChI=1S/C12H18N6O2S/c1-6(2)15-12-17-10(13)9(21-12)11(19)14-5-4-8-16-7(3)20-18-8/h6H,4-5,13H2,1-3H3,(H,14,19)(H,15,17). The molecule has 2 rings (SSSR count). The minimum absolute atomic E-state index is 0.230. The van der Waals surface area contributed by atoms with Gasteiger partial charge in [-0.25, -0.2) is 4.98 Å². The summed E-state index contributed by atoms with van der Waals surface area (Å²) < 4.78 is 4.86. The van der Waals surface area contributed by atoms with Crippen LogP contribution in [0.3, 0.4) is 0 Å². The van der Waals surface area contributed by atoms with Crippen molar-refractivity contribution in [3.05, 3.63) is 16.6 Å². The number of nitrogens with two attached hydrogens (primary N) is 1. The number of thiazole rings is 1. The zero-order valence-electron chi connectivity index (χ0n) is 12.1. The van der Waals surface area contributed by atoms with Gasteiger partial charge >= 0.3 is 0 Å². The normalized spacial score (nSPS) is 10.9. The van der Waals surface area contributed by atoms with Crippen molar-refractivity contribution in [1.29, 1.82) is 0 Å². The van der Waals surface area contributed by atoms with Crippen LogP contribution in [-0.2, 0) is 6.42 Å². The van der Waals surface area contributed by atoms with Crippen molar-refractivity contribution in [2.75, 3.05) is 17.6 Å². The summed E-state index contributed by atoms with van der Waals surface area (Å²) in [6.45, 7) is 6.10. The maximum Gasteiger partial charge on any atom is 0.265 e. The van der Waals surface area contributed by atoms with E-state index in [1.807, 2.05) is 13.8 Å². The summed E-state index contributed by atoms with van der Waals surface area (Å²) in [7, 11) is 0. The molecule has 0 fully saturated rings. The first-order valence-corrected chi connectivity index (χ1v) is 7.37. The van der Waals surface area contributed by atoms with E-state index < -0.39 is 0 Å². The Morgan fingerprint density at radius 3 is 2.81 bits per heavy atom. The summed E-state index contributed by atoms with van der Waals surface area (Å²) in [5.74, 6) is 1.05. The molecule has 2 aromatic heterocycles. The Morgan fingerprint density at radius 2 is 2.19 bits per heavy atom. The lowest BCUT2D eigenvalue weighted by atomic mass is 10.4. The van der Waals surface area contributed by atoms with Gasteiger partial charge < -0.3 is 20.9 Å². The quantitative estimate of drug-likeness (QED) is 0.733. The molecule has 9 heteroatoms. The van der Waals surface area contributed by atoms with Crippen molar-refractivity contribution in [3.8, 4) is 0 Å². The average molecular weight is 310 g/mol. The molecule has 2 heterocycles. The summed E-state index contributed by atoms with van der Waals surface area (Å²) in [5.41, 5.74) is 5.76. The monoisotopic (exact) mass is 310 g/mol. The molecule has 0 aliphatic carbocycles. The largest absolute Gasteiger partial charge is 0.382 e. The first-order valence-electron chi connectivity index (χ1n) is 6.56. The molecule has 0 aromatic carbocycles. The number of hydrogen-bond donors (Lipinski definition) is 3. The minimum atomic E-state index is -0.248. The van der Waals surface area contributed by atoms with Gasteiger partial charge in [-0.1, -0.05) is 16.5 Å². The fraction of sp³-hybridized carbons (Fsp3) is 0.500. The highest BCUT2D eigenvalue weighted by molar-refractivity contribution is 7.18. The molecule has 0 spiro atoms. The molecule has 0 radical (unpaired) electrons. The van der Waals surface area contributed by atoms with Crippen molar-refractivity contribution in [2.45, 2.75) is 33.2 Å². The molecule has 8 nitrogen and oxygen atoms in total. The van der Waals surface area contributed by atoms with Gasteiger partial charge in [-0.3, -0.25) is 4.79 Å². The van der Waals surface area contributed by atoms with Crippen molar-refractivity contribution in [1.82, 2.24) is 20.4 Å². The van der Waals surface area contributed by atoms with E-state index in [9.17, 15) is 4.79 Å². The molecular formula is C12H18N6O2S. The Balaban J connectivity index is 1.89. The first-order chi connectivity index (χ1) is 9.95. The molecule has 0 saturated heterocycles. The molecular weight excluding hydrogens is 292 g/mol. The number of anilines is 2. The van der Waals surface area contributed by atoms with E-state index in [1.54, 1.807) is 6.92 Å². The summed E-state index contributed by atoms with van der Waals surface area (Å²) in [6, 6.07) is 0.230. The zero-order valence-corrected chi connectivity index (χ0v) is 13.0. The number of nitrogens with zero attached hydrogens (tertiary/aromatic N) is 3. The van der Waals surface area contributed by atoms with Gasteiger partial charge in [-0.15, -0.1) is 0 Å². The van der Waals surface area contributed by atoms with E-state index in [4.69, 9.17) is 10.3 Å². The van der Waals surface area contributed by atoms with Crippen LogP contribution in [0.2, 0.25) is 0 Å². The van der Waals surface area contributed by atoms with Crippen LogP contribution in [0.4, 0.5) is 10.9 Å². The van der Waals surface area contributed by atoms with Gasteiger partial charge in [0.2, 0.25) is 5.89 Å². The lowest BCUT2D eigenvalue weighted by Crippen LogP contribution is -2.25. The highest BCUT2D eigenvalue weighted by Crippen LogP contribution is 2.25. The van der Waals surface area contributed by atoms with E-state index in [0.717, 1.165) is 0 Å². The van der Waals surface area contributed by atoms with Crippen LogP contribution < -0.4 is 16.4 Å². The second-order valence-corrected chi connectivity index (χ2v) is 5.77. The number of aromatic nitrogens is 3. The van der Waals surface area contributed by atoms with E-state index >= 15 is 0 Å². The Hall–Kier alpha value is -2.16. The highest BCUT2D eigenvalue weighted by atomic mass is 32.1. The molecule has 114 valence electrons. The third kappa shape index (κ3) is 4.15. The molecule has 2 aromatic rings. The summed E-state index contributed by atoms with van der Waals surface area (Å²) in [4.78, 5) is 20.6. The predicted octanol–water partition coefficient (Wildman–Crippen LogP) is 1.21. The van der Waals surface area contributed by atoms with Crippen molar-refractivity contribution in [3.63, 3.8) is 0 Å². The van der Waals surface area contributed by atoms with Crippen LogP contribution in [0.15, 0.2) is 4.52 Å². The predicted molar refractivity (Wildman–Crippen MR) is 80.4 cm³/mol. The second kappa shape index (κ2) is 6.53. The number of carbonyl (C=O) groups is 1. The van der Waals surface area contributed by atoms with Crippen LogP contribution >= 0.6 is 11.3 Å². The fourth-order valence-corrected chi connectivity index (χ4v) is 2.56. The average Bonchev–Trinajstić information content (AvgIpc) is 2.95. The van der Waals surface area contributed by atoms with Crippen molar-refractivity contribution < 1.29 is 9.32 Å². The third-order valence-electron chi connectivity index (χ3n) is 2.48. The molecule has 0 unspecified atom stereocenters. The van der Waals surface area contributed by atoms with Crippen LogP contribution in [-0.4, -0.2) is 33.6 Å². The van der Waals surface area contributed by atoms with Gasteiger partial charge in [0.25, 0.3) is 5.91 Å². The lowest BCUT2D eigenvalue weighted by molar-refractivity contribution is 0.0958. The Kier molecular flexibility index (Phi) is 4.73. The topological polar surface area (TPSA) is 119 Å². The van der Waals surface area contributed by atoms with Crippen LogP contribution in [0.25, 0.3) is 0 Å². The highest BCUT2D eigenvalue weighted by Gasteiger charge is 2.16. The van der Waals surface area contributed by atoms with Crippen LogP contribution in [0.5, 0.6) is 0 Å². The van der Waals surface area contributed by atoms with Crippen LogP contribution in [0.1, 0.15) is 35.2 Å². The summed E-state index contributed by atoms with van der Waals surface area (Å²) in [6.07, 6.45) is 0.499. The molecule has 0 saturated carbocycles. The molecule has 0 bridgehead atoms. The third-order valence-corrected chi connectivity index (χ3v) is 3.48. The number of amides is 1. The molecule has 1 amide bonds. The van der Waals surface area contributed by atoms with E-state index in [0.29, 0.717) is 34.7 Å². The summed E-state index contributed by atoms with van der Waals surface area (Å²) >= 11 is 1.24. The number of carbonyl (C=O) groups excluding carboxylic acids is 1. The Labute approximate surface area is 126 Å². The first kappa shape index (κ1) is 15.2. The maximum atomic E-state index is 12.0. The van der Waals surface area contributed by atoms with Crippen LogP contribution in [0, 0.1) is 6.92 Å². The number of hydrogen-bond acceptors (Lipinski definition) is 8. The second-order valence-electron chi connectivity index (χ2n) is 4.77. The lowest BCUT2D eigenvalue weighted by Gasteiger charge is -2.04. The SMILES string of the molecule is Cc1nc(CCNC(=O)c2sc(NC(C)C)nc2N)no1. The smallest absolute Gasteiger partial charge is 0.265 e.